The van der Waals surface area contributed by atoms with Gasteiger partial charge in [-0.3, -0.25) is 4.79 Å². The van der Waals surface area contributed by atoms with E-state index in [1.807, 2.05) is 49.4 Å². The zero-order chi connectivity index (χ0) is 21.3. The number of hydrogen-bond donors (Lipinski definition) is 1. The number of hydrogen-bond acceptors (Lipinski definition) is 7. The van der Waals surface area contributed by atoms with Crippen LogP contribution >= 0.6 is 11.8 Å². The van der Waals surface area contributed by atoms with Gasteiger partial charge < -0.3 is 19.2 Å². The van der Waals surface area contributed by atoms with Gasteiger partial charge >= 0.3 is 0 Å². The number of anilines is 1. The van der Waals surface area contributed by atoms with Crippen molar-refractivity contribution in [3.8, 4) is 23.0 Å². The first kappa shape index (κ1) is 19.9. The molecule has 2 aliphatic rings. The van der Waals surface area contributed by atoms with Gasteiger partial charge in [-0.05, 0) is 43.5 Å². The normalized spacial score (nSPS) is 16.4. The van der Waals surface area contributed by atoms with Gasteiger partial charge in [0.05, 0.1) is 5.75 Å². The van der Waals surface area contributed by atoms with E-state index in [0.717, 1.165) is 42.6 Å². The van der Waals surface area contributed by atoms with Gasteiger partial charge in [0.1, 0.15) is 0 Å². The highest BCUT2D eigenvalue weighted by atomic mass is 32.2. The predicted octanol–water partition coefficient (Wildman–Crippen LogP) is 5.21. The zero-order valence-electron chi connectivity index (χ0n) is 17.2. The summed E-state index contributed by atoms with van der Waals surface area (Å²) in [7, 11) is 0. The van der Waals surface area contributed by atoms with Crippen molar-refractivity contribution < 1.29 is 18.7 Å². The van der Waals surface area contributed by atoms with Crippen molar-refractivity contribution >= 4 is 23.4 Å². The molecule has 7 nitrogen and oxygen atoms in total. The van der Waals surface area contributed by atoms with Crippen LogP contribution in [-0.4, -0.2) is 27.6 Å². The molecule has 0 atom stereocenters. The third kappa shape index (κ3) is 4.25. The molecule has 1 saturated carbocycles. The van der Waals surface area contributed by atoms with Crippen LogP contribution in [0.5, 0.6) is 11.5 Å². The molecule has 2 aromatic carbocycles. The minimum Gasteiger partial charge on any atom is -0.448 e. The molecule has 1 amide bonds. The molecule has 0 saturated heterocycles. The van der Waals surface area contributed by atoms with Crippen LogP contribution in [0, 0.1) is 6.92 Å². The molecule has 0 radical (unpaired) electrons. The molecule has 160 valence electrons. The molecule has 31 heavy (non-hydrogen) atoms. The van der Waals surface area contributed by atoms with E-state index in [0.29, 0.717) is 22.6 Å². The summed E-state index contributed by atoms with van der Waals surface area (Å²) in [5.74, 6) is 1.36. The van der Waals surface area contributed by atoms with Crippen molar-refractivity contribution in [2.75, 3.05) is 11.1 Å². The number of carbonyl (C=O) groups excluding carboxylic acids is 1. The number of rotatable bonds is 5. The highest BCUT2D eigenvalue weighted by Crippen LogP contribution is 2.46. The number of carbonyl (C=O) groups is 1. The maximum Gasteiger partial charge on any atom is 0.277 e. The van der Waals surface area contributed by atoms with Gasteiger partial charge in [0.25, 0.3) is 11.0 Å². The Balaban J connectivity index is 1.18. The summed E-state index contributed by atoms with van der Waals surface area (Å²) < 4.78 is 17.9. The molecule has 5 rings (SSSR count). The summed E-state index contributed by atoms with van der Waals surface area (Å²) in [5, 5.41) is 11.4. The van der Waals surface area contributed by atoms with Crippen LogP contribution in [0.4, 0.5) is 5.69 Å². The highest BCUT2D eigenvalue weighted by molar-refractivity contribution is 7.99. The summed E-state index contributed by atoms with van der Waals surface area (Å²) >= 11 is 1.20. The van der Waals surface area contributed by atoms with Gasteiger partial charge in [-0.2, -0.15) is 0 Å². The van der Waals surface area contributed by atoms with E-state index in [1.54, 1.807) is 0 Å². The van der Waals surface area contributed by atoms with Crippen molar-refractivity contribution in [1.82, 2.24) is 10.2 Å². The second-order valence-electron chi connectivity index (χ2n) is 7.86. The molecule has 0 unspecified atom stereocenters. The van der Waals surface area contributed by atoms with E-state index in [-0.39, 0.29) is 11.7 Å². The lowest BCUT2D eigenvalue weighted by molar-refractivity contribution is -0.113. The smallest absolute Gasteiger partial charge is 0.277 e. The second-order valence-corrected chi connectivity index (χ2v) is 8.79. The van der Waals surface area contributed by atoms with E-state index in [1.165, 1.54) is 18.2 Å². The number of thioether (sulfide) groups is 1. The van der Waals surface area contributed by atoms with Crippen LogP contribution < -0.4 is 14.8 Å². The molecule has 1 aliphatic carbocycles. The quantitative estimate of drug-likeness (QED) is 0.549. The SMILES string of the molecule is Cc1ccccc1-c1nnc(SCC(=O)Nc2ccc3c(c2)OC2(CCCCC2)O3)o1. The number of nitrogens with zero attached hydrogens (tertiary/aromatic N) is 2. The number of fused-ring (bicyclic) bond motifs is 1. The van der Waals surface area contributed by atoms with Crippen LogP contribution in [0.25, 0.3) is 11.5 Å². The van der Waals surface area contributed by atoms with Crippen molar-refractivity contribution in [3.05, 3.63) is 48.0 Å². The van der Waals surface area contributed by atoms with Gasteiger partial charge in [-0.1, -0.05) is 36.4 Å². The predicted molar refractivity (Wildman–Crippen MR) is 117 cm³/mol. The Hall–Kier alpha value is -3.00. The van der Waals surface area contributed by atoms with E-state index in [9.17, 15) is 4.79 Å². The summed E-state index contributed by atoms with van der Waals surface area (Å²) in [6, 6.07) is 13.3. The zero-order valence-corrected chi connectivity index (χ0v) is 18.0. The molecular formula is C23H23N3O4S. The summed E-state index contributed by atoms with van der Waals surface area (Å²) in [5.41, 5.74) is 2.62. The molecule has 3 aromatic rings. The van der Waals surface area contributed by atoms with Crippen molar-refractivity contribution in [1.29, 1.82) is 0 Å². The fourth-order valence-electron chi connectivity index (χ4n) is 3.98. The highest BCUT2D eigenvalue weighted by Gasteiger charge is 2.42. The average molecular weight is 438 g/mol. The Labute approximate surface area is 184 Å². The first-order valence-electron chi connectivity index (χ1n) is 10.4. The Morgan fingerprint density at radius 3 is 2.71 bits per heavy atom. The third-order valence-corrected chi connectivity index (χ3v) is 6.36. The Morgan fingerprint density at radius 1 is 1.06 bits per heavy atom. The largest absolute Gasteiger partial charge is 0.448 e. The van der Waals surface area contributed by atoms with E-state index < -0.39 is 5.79 Å². The number of aromatic nitrogens is 2. The van der Waals surface area contributed by atoms with Crippen LogP contribution in [0.1, 0.15) is 37.7 Å². The topological polar surface area (TPSA) is 86.5 Å². The van der Waals surface area contributed by atoms with Crippen molar-refractivity contribution in [2.45, 2.75) is 50.0 Å². The average Bonchev–Trinajstić information content (AvgIpc) is 3.37. The minimum atomic E-state index is -0.522. The second kappa shape index (κ2) is 8.26. The number of ether oxygens (including phenoxy) is 2. The number of aryl methyl sites for hydroxylation is 1. The summed E-state index contributed by atoms with van der Waals surface area (Å²) in [4.78, 5) is 12.4. The van der Waals surface area contributed by atoms with Crippen LogP contribution in [-0.2, 0) is 4.79 Å². The Bertz CT molecular complexity index is 1110. The molecule has 1 aromatic heterocycles. The van der Waals surface area contributed by atoms with Gasteiger partial charge in [0.2, 0.25) is 11.8 Å². The maximum atomic E-state index is 12.4. The Kier molecular flexibility index (Phi) is 5.31. The number of benzene rings is 2. The first-order chi connectivity index (χ1) is 15.1. The van der Waals surface area contributed by atoms with E-state index in [2.05, 4.69) is 15.5 Å². The first-order valence-corrected chi connectivity index (χ1v) is 11.4. The maximum absolute atomic E-state index is 12.4. The van der Waals surface area contributed by atoms with Crippen molar-refractivity contribution in [2.24, 2.45) is 0 Å². The molecule has 1 N–H and O–H groups in total. The van der Waals surface area contributed by atoms with Gasteiger partial charge in [0, 0.05) is 30.2 Å². The standard InChI is InChI=1S/C23H23N3O4S/c1-15-7-3-4-8-17(15)21-25-26-22(28-21)31-14-20(27)24-16-9-10-18-19(13-16)30-23(29-18)11-5-2-6-12-23/h3-4,7-10,13H,2,5-6,11-12,14H2,1H3,(H,24,27). The van der Waals surface area contributed by atoms with Crippen molar-refractivity contribution in [3.63, 3.8) is 0 Å². The lowest BCUT2D eigenvalue weighted by atomic mass is 9.94. The van der Waals surface area contributed by atoms with Crippen LogP contribution in [0.15, 0.2) is 52.1 Å². The molecular weight excluding hydrogens is 414 g/mol. The van der Waals surface area contributed by atoms with Gasteiger partial charge in [-0.25, -0.2) is 0 Å². The number of amides is 1. The van der Waals surface area contributed by atoms with Crippen LogP contribution in [0.2, 0.25) is 0 Å². The van der Waals surface area contributed by atoms with Gasteiger partial charge in [-0.15, -0.1) is 10.2 Å². The number of nitrogens with one attached hydrogen (secondary N) is 1. The molecule has 1 spiro atoms. The molecule has 8 heteroatoms. The molecule has 0 bridgehead atoms. The third-order valence-electron chi connectivity index (χ3n) is 5.54. The summed E-state index contributed by atoms with van der Waals surface area (Å²) in [6.45, 7) is 1.99. The monoisotopic (exact) mass is 437 g/mol. The fraction of sp³-hybridized carbons (Fsp3) is 0.348. The molecule has 1 fully saturated rings. The Morgan fingerprint density at radius 2 is 1.87 bits per heavy atom. The fourth-order valence-corrected chi connectivity index (χ4v) is 4.54. The minimum absolute atomic E-state index is 0.160. The molecule has 2 heterocycles. The lowest BCUT2D eigenvalue weighted by Gasteiger charge is -2.31. The van der Waals surface area contributed by atoms with Crippen LogP contribution in [0.3, 0.4) is 0 Å². The lowest BCUT2D eigenvalue weighted by Crippen LogP contribution is -2.40. The van der Waals surface area contributed by atoms with Gasteiger partial charge in [0.15, 0.2) is 11.5 Å². The van der Waals surface area contributed by atoms with E-state index in [4.69, 9.17) is 13.9 Å². The molecule has 1 aliphatic heterocycles. The van der Waals surface area contributed by atoms with E-state index >= 15 is 0 Å². The summed E-state index contributed by atoms with van der Waals surface area (Å²) in [6.07, 6.45) is 5.23.